The highest BCUT2D eigenvalue weighted by Gasteiger charge is 2.29. The molecule has 6 heteroatoms. The fourth-order valence-corrected chi connectivity index (χ4v) is 2.79. The quantitative estimate of drug-likeness (QED) is 0.730. The largest absolute Gasteiger partial charge is 0.354 e. The molecule has 3 N–H and O–H groups in total. The van der Waals surface area contributed by atoms with E-state index in [2.05, 4.69) is 28.1 Å². The third kappa shape index (κ3) is 5.21. The lowest BCUT2D eigenvalue weighted by Crippen LogP contribution is -2.56. The number of amides is 2. The molecule has 0 aromatic heterocycles. The molecule has 2 rings (SSSR count). The molecule has 0 saturated heterocycles. The van der Waals surface area contributed by atoms with Crippen molar-refractivity contribution in [3.63, 3.8) is 0 Å². The summed E-state index contributed by atoms with van der Waals surface area (Å²) in [5.74, 6) is -0.164. The maximum absolute atomic E-state index is 12.5. The summed E-state index contributed by atoms with van der Waals surface area (Å²) in [6.45, 7) is 7.21. The van der Waals surface area contributed by atoms with Crippen LogP contribution in [0.2, 0.25) is 0 Å². The lowest BCUT2D eigenvalue weighted by atomic mass is 9.95. The van der Waals surface area contributed by atoms with E-state index in [0.29, 0.717) is 19.5 Å². The zero-order valence-electron chi connectivity index (χ0n) is 14.6. The van der Waals surface area contributed by atoms with Crippen molar-refractivity contribution in [2.75, 3.05) is 6.54 Å². The van der Waals surface area contributed by atoms with Gasteiger partial charge in [-0.2, -0.15) is 0 Å². The predicted molar refractivity (Wildman–Crippen MR) is 98.1 cm³/mol. The first kappa shape index (κ1) is 20.5. The normalized spacial score (nSPS) is 17.4. The van der Waals surface area contributed by atoms with Gasteiger partial charge in [0.1, 0.15) is 6.04 Å². The Morgan fingerprint density at radius 1 is 1.25 bits per heavy atom. The SMILES string of the molecule is CCCNC(=O)[C@@H](NC(=O)[C@@H]1Cc2ccccc2CN1)C(C)C.Cl. The van der Waals surface area contributed by atoms with Crippen LogP contribution >= 0.6 is 12.4 Å². The molecular weight excluding hydrogens is 326 g/mol. The van der Waals surface area contributed by atoms with E-state index in [1.54, 1.807) is 0 Å². The Labute approximate surface area is 150 Å². The van der Waals surface area contributed by atoms with E-state index < -0.39 is 6.04 Å². The minimum atomic E-state index is -0.493. The van der Waals surface area contributed by atoms with Crippen molar-refractivity contribution in [1.29, 1.82) is 0 Å². The van der Waals surface area contributed by atoms with Crippen molar-refractivity contribution in [3.8, 4) is 0 Å². The highest BCUT2D eigenvalue weighted by atomic mass is 35.5. The van der Waals surface area contributed by atoms with Gasteiger partial charge in [0.25, 0.3) is 0 Å². The molecule has 1 aromatic carbocycles. The number of hydrogen-bond acceptors (Lipinski definition) is 3. The van der Waals surface area contributed by atoms with Crippen molar-refractivity contribution in [2.24, 2.45) is 5.92 Å². The molecule has 0 aliphatic carbocycles. The summed E-state index contributed by atoms with van der Waals surface area (Å²) < 4.78 is 0. The molecule has 2 atom stereocenters. The first-order valence-corrected chi connectivity index (χ1v) is 8.41. The molecule has 0 fully saturated rings. The number of nitrogens with one attached hydrogen (secondary N) is 3. The number of benzene rings is 1. The Morgan fingerprint density at radius 2 is 1.92 bits per heavy atom. The van der Waals surface area contributed by atoms with Crippen LogP contribution in [0.25, 0.3) is 0 Å². The smallest absolute Gasteiger partial charge is 0.242 e. The van der Waals surface area contributed by atoms with Crippen LogP contribution in [0.1, 0.15) is 38.3 Å². The zero-order chi connectivity index (χ0) is 16.8. The average molecular weight is 354 g/mol. The van der Waals surface area contributed by atoms with Gasteiger partial charge in [-0.15, -0.1) is 12.4 Å². The maximum Gasteiger partial charge on any atom is 0.242 e. The third-order valence-corrected chi connectivity index (χ3v) is 4.19. The Morgan fingerprint density at radius 3 is 2.54 bits per heavy atom. The highest BCUT2D eigenvalue weighted by Crippen LogP contribution is 2.16. The van der Waals surface area contributed by atoms with Crippen molar-refractivity contribution in [3.05, 3.63) is 35.4 Å². The summed E-state index contributed by atoms with van der Waals surface area (Å²) in [4.78, 5) is 24.8. The van der Waals surface area contributed by atoms with Crippen LogP contribution in [-0.2, 0) is 22.6 Å². The van der Waals surface area contributed by atoms with Crippen molar-refractivity contribution in [1.82, 2.24) is 16.0 Å². The Kier molecular flexibility index (Phi) is 8.22. The van der Waals surface area contributed by atoms with Gasteiger partial charge in [-0.1, -0.05) is 45.0 Å². The van der Waals surface area contributed by atoms with E-state index in [1.165, 1.54) is 11.1 Å². The van der Waals surface area contributed by atoms with Crippen LogP contribution in [0, 0.1) is 5.92 Å². The molecule has 0 saturated carbocycles. The Hall–Kier alpha value is -1.59. The molecule has 1 heterocycles. The summed E-state index contributed by atoms with van der Waals surface area (Å²) in [5.41, 5.74) is 2.43. The van der Waals surface area contributed by atoms with Gasteiger partial charge in [-0.3, -0.25) is 9.59 Å². The molecular formula is C18H28ClN3O2. The van der Waals surface area contributed by atoms with Crippen molar-refractivity contribution >= 4 is 24.2 Å². The topological polar surface area (TPSA) is 70.2 Å². The molecule has 0 bridgehead atoms. The molecule has 1 aromatic rings. The van der Waals surface area contributed by atoms with Gasteiger partial charge < -0.3 is 16.0 Å². The third-order valence-electron chi connectivity index (χ3n) is 4.19. The first-order valence-electron chi connectivity index (χ1n) is 8.41. The first-order chi connectivity index (χ1) is 11.0. The van der Waals surface area contributed by atoms with E-state index in [-0.39, 0.29) is 36.2 Å². The van der Waals surface area contributed by atoms with E-state index >= 15 is 0 Å². The molecule has 0 unspecified atom stereocenters. The van der Waals surface area contributed by atoms with E-state index in [1.807, 2.05) is 32.9 Å². The molecule has 2 amide bonds. The second-order valence-electron chi connectivity index (χ2n) is 6.43. The number of fused-ring (bicyclic) bond motifs is 1. The van der Waals surface area contributed by atoms with E-state index in [0.717, 1.165) is 6.42 Å². The highest BCUT2D eigenvalue weighted by molar-refractivity contribution is 5.90. The van der Waals surface area contributed by atoms with E-state index in [9.17, 15) is 9.59 Å². The fourth-order valence-electron chi connectivity index (χ4n) is 2.79. The molecule has 24 heavy (non-hydrogen) atoms. The Bertz CT molecular complexity index is 563. The number of rotatable bonds is 6. The molecule has 5 nitrogen and oxygen atoms in total. The van der Waals surface area contributed by atoms with Gasteiger partial charge in [-0.05, 0) is 29.9 Å². The van der Waals surface area contributed by atoms with Gasteiger partial charge in [0.2, 0.25) is 11.8 Å². The summed E-state index contributed by atoms with van der Waals surface area (Å²) in [7, 11) is 0. The van der Waals surface area contributed by atoms with Crippen LogP contribution in [0.4, 0.5) is 0 Å². The van der Waals surface area contributed by atoms with E-state index in [4.69, 9.17) is 0 Å². The molecule has 0 spiro atoms. The fraction of sp³-hybridized carbons (Fsp3) is 0.556. The number of hydrogen-bond donors (Lipinski definition) is 3. The summed E-state index contributed by atoms with van der Waals surface area (Å²) >= 11 is 0. The number of halogens is 1. The van der Waals surface area contributed by atoms with Gasteiger partial charge in [-0.25, -0.2) is 0 Å². The lowest BCUT2D eigenvalue weighted by Gasteiger charge is -2.28. The van der Waals surface area contributed by atoms with Gasteiger partial charge in [0, 0.05) is 13.1 Å². The summed E-state index contributed by atoms with van der Waals surface area (Å²) in [6.07, 6.45) is 1.54. The molecule has 1 aliphatic heterocycles. The predicted octanol–water partition coefficient (Wildman–Crippen LogP) is 1.79. The van der Waals surface area contributed by atoms with Crippen molar-refractivity contribution < 1.29 is 9.59 Å². The second-order valence-corrected chi connectivity index (χ2v) is 6.43. The van der Waals surface area contributed by atoms with Crippen LogP contribution in [-0.4, -0.2) is 30.4 Å². The van der Waals surface area contributed by atoms with Crippen LogP contribution in [0.3, 0.4) is 0 Å². The van der Waals surface area contributed by atoms with Gasteiger partial charge in [0.05, 0.1) is 6.04 Å². The standard InChI is InChI=1S/C18H27N3O2.ClH/c1-4-9-19-18(23)16(12(2)3)21-17(22)15-10-13-7-5-6-8-14(13)11-20-15;/h5-8,12,15-16,20H,4,9-11H2,1-3H3,(H,19,23)(H,21,22);1H/t15-,16-;/m0./s1. The van der Waals surface area contributed by atoms with Crippen molar-refractivity contribution in [2.45, 2.75) is 52.2 Å². The second kappa shape index (κ2) is 9.64. The van der Waals surface area contributed by atoms with Crippen LogP contribution in [0.15, 0.2) is 24.3 Å². The number of carbonyl (C=O) groups excluding carboxylic acids is 2. The van der Waals surface area contributed by atoms with Gasteiger partial charge in [0.15, 0.2) is 0 Å². The van der Waals surface area contributed by atoms with Crippen LogP contribution in [0.5, 0.6) is 0 Å². The molecule has 0 radical (unpaired) electrons. The average Bonchev–Trinajstić information content (AvgIpc) is 2.56. The molecule has 1 aliphatic rings. The zero-order valence-corrected chi connectivity index (χ0v) is 15.4. The summed E-state index contributed by atoms with van der Waals surface area (Å²) in [6, 6.07) is 7.36. The summed E-state index contributed by atoms with van der Waals surface area (Å²) in [5, 5.41) is 9.03. The number of carbonyl (C=O) groups is 2. The van der Waals surface area contributed by atoms with Crippen LogP contribution < -0.4 is 16.0 Å². The minimum absolute atomic E-state index is 0. The lowest BCUT2D eigenvalue weighted by molar-refractivity contribution is -0.131. The van der Waals surface area contributed by atoms with Gasteiger partial charge >= 0.3 is 0 Å². The molecule has 134 valence electrons. The minimum Gasteiger partial charge on any atom is -0.354 e. The monoisotopic (exact) mass is 353 g/mol. The maximum atomic E-state index is 12.5. The Balaban J connectivity index is 0.00000288.